The third-order valence-electron chi connectivity index (χ3n) is 10.6. The fraction of sp³-hybridized carbons (Fsp3) is 0.744. The van der Waals surface area contributed by atoms with Gasteiger partial charge in [0, 0.05) is 40.0 Å². The van der Waals surface area contributed by atoms with Crippen molar-refractivity contribution >= 4 is 29.3 Å². The summed E-state index contributed by atoms with van der Waals surface area (Å²) in [6, 6.07) is 6.33. The Bertz CT molecular complexity index is 1250. The van der Waals surface area contributed by atoms with Crippen LogP contribution in [0.15, 0.2) is 24.3 Å². The SMILES string of the molecule is CCNc1ccc(CC(CO)NC(=O)C(C)C(OC)C2CCCN2C(=O)CC(OC)C(C(C)CC)N(C)C(=O)CNC(=O)C(C(C)C)N(C)C)cc1. The van der Waals surface area contributed by atoms with E-state index >= 15 is 0 Å². The molecule has 4 N–H and O–H groups in total. The first-order valence-electron chi connectivity index (χ1n) is 18.9. The molecule has 13 heteroatoms. The summed E-state index contributed by atoms with van der Waals surface area (Å²) in [6.07, 6.45) is 1.54. The van der Waals surface area contributed by atoms with Crippen molar-refractivity contribution in [3.8, 4) is 0 Å². The summed E-state index contributed by atoms with van der Waals surface area (Å²) in [4.78, 5) is 59.2. The molecule has 13 nitrogen and oxygen atoms in total. The second-order valence-corrected chi connectivity index (χ2v) is 14.8. The Hall–Kier alpha value is -3.26. The Morgan fingerprint density at radius 2 is 1.63 bits per heavy atom. The molecule has 0 spiro atoms. The monoisotopic (exact) mass is 733 g/mol. The Labute approximate surface area is 312 Å². The number of hydrogen-bond acceptors (Lipinski definition) is 9. The lowest BCUT2D eigenvalue weighted by molar-refractivity contribution is -0.146. The number of likely N-dealkylation sites (tertiary alicyclic amines) is 1. The van der Waals surface area contributed by atoms with Crippen molar-refractivity contribution in [2.24, 2.45) is 17.8 Å². The van der Waals surface area contributed by atoms with Crippen molar-refractivity contribution in [3.63, 3.8) is 0 Å². The van der Waals surface area contributed by atoms with Crippen molar-refractivity contribution in [1.29, 1.82) is 0 Å². The van der Waals surface area contributed by atoms with Crippen molar-refractivity contribution in [3.05, 3.63) is 29.8 Å². The summed E-state index contributed by atoms with van der Waals surface area (Å²) >= 11 is 0. The molecule has 0 aliphatic carbocycles. The molecule has 1 aliphatic heterocycles. The number of benzene rings is 1. The van der Waals surface area contributed by atoms with E-state index in [4.69, 9.17) is 9.47 Å². The minimum Gasteiger partial charge on any atom is -0.394 e. The van der Waals surface area contributed by atoms with Crippen LogP contribution in [0.2, 0.25) is 0 Å². The molecule has 0 bridgehead atoms. The van der Waals surface area contributed by atoms with Gasteiger partial charge in [-0.05, 0) is 69.8 Å². The van der Waals surface area contributed by atoms with E-state index in [0.29, 0.717) is 19.4 Å². The van der Waals surface area contributed by atoms with Gasteiger partial charge in [0.2, 0.25) is 23.6 Å². The first kappa shape index (κ1) is 44.9. The van der Waals surface area contributed by atoms with Gasteiger partial charge in [0.25, 0.3) is 0 Å². The molecule has 1 aromatic carbocycles. The highest BCUT2D eigenvalue weighted by molar-refractivity contribution is 5.87. The number of aliphatic hydroxyl groups excluding tert-OH is 1. The lowest BCUT2D eigenvalue weighted by Gasteiger charge is -2.39. The number of carbonyl (C=O) groups excluding carboxylic acids is 4. The quantitative estimate of drug-likeness (QED) is 0.141. The molecular weight excluding hydrogens is 664 g/mol. The number of methoxy groups -OCH3 is 2. The summed E-state index contributed by atoms with van der Waals surface area (Å²) in [7, 11) is 8.49. The van der Waals surface area contributed by atoms with Crippen LogP contribution in [0.25, 0.3) is 0 Å². The third kappa shape index (κ3) is 12.4. The largest absolute Gasteiger partial charge is 0.394 e. The van der Waals surface area contributed by atoms with Gasteiger partial charge < -0.3 is 40.3 Å². The fourth-order valence-electron chi connectivity index (χ4n) is 7.59. The van der Waals surface area contributed by atoms with Gasteiger partial charge in [-0.15, -0.1) is 0 Å². The van der Waals surface area contributed by atoms with Gasteiger partial charge in [-0.3, -0.25) is 24.1 Å². The molecular formula is C39H68N6O7. The second kappa shape index (κ2) is 22.1. The van der Waals surface area contributed by atoms with E-state index in [9.17, 15) is 24.3 Å². The molecule has 1 saturated heterocycles. The summed E-state index contributed by atoms with van der Waals surface area (Å²) in [5, 5.41) is 19.2. The third-order valence-corrected chi connectivity index (χ3v) is 10.6. The van der Waals surface area contributed by atoms with Crippen LogP contribution in [-0.2, 0) is 35.1 Å². The zero-order valence-corrected chi connectivity index (χ0v) is 33.6. The van der Waals surface area contributed by atoms with Crippen LogP contribution >= 0.6 is 0 Å². The highest BCUT2D eigenvalue weighted by Gasteiger charge is 2.42. The predicted octanol–water partition coefficient (Wildman–Crippen LogP) is 2.76. The molecule has 4 amide bonds. The van der Waals surface area contributed by atoms with Crippen molar-refractivity contribution in [2.75, 3.05) is 66.9 Å². The van der Waals surface area contributed by atoms with E-state index in [2.05, 4.69) is 16.0 Å². The number of amides is 4. The maximum absolute atomic E-state index is 14.0. The molecule has 0 radical (unpaired) electrons. The van der Waals surface area contributed by atoms with Crippen molar-refractivity contribution < 1.29 is 33.8 Å². The number of aliphatic hydroxyl groups is 1. The Kier molecular flexibility index (Phi) is 19.1. The van der Waals surface area contributed by atoms with Gasteiger partial charge in [-0.1, -0.05) is 53.2 Å². The molecule has 8 unspecified atom stereocenters. The highest BCUT2D eigenvalue weighted by atomic mass is 16.5. The van der Waals surface area contributed by atoms with E-state index < -0.39 is 30.2 Å². The number of hydrogen-bond donors (Lipinski definition) is 4. The zero-order chi connectivity index (χ0) is 39.1. The molecule has 2 rings (SSSR count). The summed E-state index contributed by atoms with van der Waals surface area (Å²) in [5.41, 5.74) is 2.01. The molecule has 52 heavy (non-hydrogen) atoms. The van der Waals surface area contributed by atoms with Crippen molar-refractivity contribution in [1.82, 2.24) is 25.3 Å². The Balaban J connectivity index is 2.14. The standard InChI is InChI=1S/C39H68N6O7/c1-12-26(5)36(44(9)34(48)23-41-39(50)35(25(3)4)43(7)8)32(51-10)22-33(47)45-20-14-15-31(45)37(52-11)27(6)38(49)42-30(24-46)21-28-16-18-29(19-17-28)40-13-2/h16-19,25-27,30-32,35-37,40,46H,12-15,20-24H2,1-11H3,(H,41,50)(H,42,49). The molecule has 1 heterocycles. The lowest BCUT2D eigenvalue weighted by Crippen LogP contribution is -2.55. The average Bonchev–Trinajstić information content (AvgIpc) is 3.60. The van der Waals surface area contributed by atoms with Crippen LogP contribution in [0.4, 0.5) is 5.69 Å². The van der Waals surface area contributed by atoms with Crippen LogP contribution < -0.4 is 16.0 Å². The van der Waals surface area contributed by atoms with Gasteiger partial charge >= 0.3 is 0 Å². The first-order valence-corrected chi connectivity index (χ1v) is 18.9. The topological polar surface area (TPSA) is 153 Å². The molecule has 0 saturated carbocycles. The Morgan fingerprint density at radius 3 is 2.15 bits per heavy atom. The van der Waals surface area contributed by atoms with Gasteiger partial charge in [0.1, 0.15) is 0 Å². The summed E-state index contributed by atoms with van der Waals surface area (Å²) < 4.78 is 11.9. The average molecular weight is 733 g/mol. The normalized spacial score (nSPS) is 18.7. The molecule has 296 valence electrons. The molecule has 0 aromatic heterocycles. The van der Waals surface area contributed by atoms with Crippen LogP contribution in [0.3, 0.4) is 0 Å². The number of rotatable bonds is 22. The fourth-order valence-corrected chi connectivity index (χ4v) is 7.59. The Morgan fingerprint density at radius 1 is 0.981 bits per heavy atom. The number of likely N-dealkylation sites (N-methyl/N-ethyl adjacent to an activating group) is 2. The number of nitrogens with one attached hydrogen (secondary N) is 3. The number of ether oxygens (including phenoxy) is 2. The van der Waals surface area contributed by atoms with Crippen LogP contribution in [0, 0.1) is 17.8 Å². The minimum atomic E-state index is -0.600. The predicted molar refractivity (Wildman–Crippen MR) is 205 cm³/mol. The van der Waals surface area contributed by atoms with E-state index in [-0.39, 0.29) is 67.1 Å². The number of anilines is 1. The minimum absolute atomic E-state index is 0.00261. The van der Waals surface area contributed by atoms with Crippen molar-refractivity contribution in [2.45, 2.75) is 110 Å². The number of nitrogens with zero attached hydrogens (tertiary/aromatic N) is 3. The zero-order valence-electron chi connectivity index (χ0n) is 33.6. The van der Waals surface area contributed by atoms with Gasteiger partial charge in [0.05, 0.1) is 61.9 Å². The van der Waals surface area contributed by atoms with E-state index in [1.807, 2.05) is 77.9 Å². The molecule has 1 aromatic rings. The molecule has 1 fully saturated rings. The van der Waals surface area contributed by atoms with Gasteiger partial charge in [-0.2, -0.15) is 0 Å². The van der Waals surface area contributed by atoms with E-state index in [1.54, 1.807) is 38.0 Å². The van der Waals surface area contributed by atoms with Crippen LogP contribution in [-0.4, -0.2) is 141 Å². The number of carbonyl (C=O) groups is 4. The van der Waals surface area contributed by atoms with Crippen LogP contribution in [0.5, 0.6) is 0 Å². The van der Waals surface area contributed by atoms with Gasteiger partial charge in [-0.25, -0.2) is 0 Å². The van der Waals surface area contributed by atoms with Gasteiger partial charge in [0.15, 0.2) is 0 Å². The summed E-state index contributed by atoms with van der Waals surface area (Å²) in [5.74, 6) is -1.38. The van der Waals surface area contributed by atoms with E-state index in [1.165, 1.54) is 0 Å². The first-order chi connectivity index (χ1) is 24.6. The molecule has 8 atom stereocenters. The van der Waals surface area contributed by atoms with Crippen LogP contribution in [0.1, 0.15) is 72.8 Å². The highest BCUT2D eigenvalue weighted by Crippen LogP contribution is 2.29. The lowest BCUT2D eigenvalue weighted by atomic mass is 9.90. The summed E-state index contributed by atoms with van der Waals surface area (Å²) in [6.45, 7) is 12.8. The smallest absolute Gasteiger partial charge is 0.242 e. The second-order valence-electron chi connectivity index (χ2n) is 14.8. The maximum Gasteiger partial charge on any atom is 0.242 e. The molecule has 1 aliphatic rings. The maximum atomic E-state index is 14.0. The van der Waals surface area contributed by atoms with E-state index in [0.717, 1.165) is 30.6 Å².